The van der Waals surface area contributed by atoms with Gasteiger partial charge in [-0.3, -0.25) is 0 Å². The van der Waals surface area contributed by atoms with Crippen LogP contribution in [0.4, 0.5) is 0 Å². The van der Waals surface area contributed by atoms with Gasteiger partial charge in [-0.05, 0) is 86.1 Å². The topological polar surface area (TPSA) is 148 Å². The maximum atomic E-state index is 11.0. The molecule has 0 aliphatic carbocycles. The van der Waals surface area contributed by atoms with E-state index in [9.17, 15) is 15.3 Å². The molecule has 38 heavy (non-hydrogen) atoms. The van der Waals surface area contributed by atoms with Crippen molar-refractivity contribution < 1.29 is 15.3 Å². The van der Waals surface area contributed by atoms with E-state index in [1.807, 2.05) is 24.3 Å². The summed E-state index contributed by atoms with van der Waals surface area (Å²) in [7, 11) is 3.49. The van der Waals surface area contributed by atoms with Crippen LogP contribution in [0.3, 0.4) is 0 Å². The highest BCUT2D eigenvalue weighted by atomic mass is 16.3. The van der Waals surface area contributed by atoms with E-state index in [0.29, 0.717) is 22.8 Å². The van der Waals surface area contributed by atoms with Crippen LogP contribution >= 0.6 is 0 Å². The maximum Gasteiger partial charge on any atom is 0.174 e. The van der Waals surface area contributed by atoms with E-state index >= 15 is 0 Å². The summed E-state index contributed by atoms with van der Waals surface area (Å²) in [6.45, 7) is 0. The van der Waals surface area contributed by atoms with Gasteiger partial charge in [-0.2, -0.15) is 0 Å². The van der Waals surface area contributed by atoms with Gasteiger partial charge in [0.05, 0.1) is 0 Å². The van der Waals surface area contributed by atoms with Crippen LogP contribution in [0.15, 0.2) is 60.7 Å². The lowest BCUT2D eigenvalue weighted by atomic mass is 9.82. The Kier molecular flexibility index (Phi) is 6.64. The molecule has 2 aromatic heterocycles. The van der Waals surface area contributed by atoms with E-state index in [1.165, 1.54) is 0 Å². The van der Waals surface area contributed by atoms with Crippen LogP contribution in [0.1, 0.15) is 45.4 Å². The van der Waals surface area contributed by atoms with Gasteiger partial charge in [-0.15, -0.1) is 10.2 Å². The third-order valence-corrected chi connectivity index (χ3v) is 6.11. The highest BCUT2D eigenvalue weighted by Crippen LogP contribution is 2.41. The summed E-state index contributed by atoms with van der Waals surface area (Å²) in [6.07, 6.45) is 7.23. The quantitative estimate of drug-likeness (QED) is 0.281. The highest BCUT2D eigenvalue weighted by molar-refractivity contribution is 5.70. The number of benzene rings is 3. The Labute approximate surface area is 217 Å². The molecule has 0 saturated heterocycles. The molecule has 2 heterocycles. The lowest BCUT2D eigenvalue weighted by molar-refractivity contribution is 0.458. The summed E-state index contributed by atoms with van der Waals surface area (Å²) in [5, 5.41) is 54.7. The van der Waals surface area contributed by atoms with Crippen molar-refractivity contribution in [3.63, 3.8) is 0 Å². The van der Waals surface area contributed by atoms with Gasteiger partial charge in [0, 0.05) is 31.1 Å². The average molecular weight is 509 g/mol. The SMILES string of the molecule is Cn1nnnc1/C=C/c1ccc(O)c(C(c2ccc(O)cc2)c2cc(/C=C/c3nnnn3C)ccc2O)c1. The molecule has 5 rings (SSSR count). The average Bonchev–Trinajstić information content (AvgIpc) is 3.52. The van der Waals surface area contributed by atoms with Gasteiger partial charge in [0.15, 0.2) is 11.6 Å². The van der Waals surface area contributed by atoms with Crippen LogP contribution < -0.4 is 0 Å². The van der Waals surface area contributed by atoms with Gasteiger partial charge in [0.25, 0.3) is 0 Å². The van der Waals surface area contributed by atoms with E-state index in [2.05, 4.69) is 31.1 Å². The normalized spacial score (nSPS) is 11.8. The lowest BCUT2D eigenvalue weighted by Gasteiger charge is -2.22. The molecule has 190 valence electrons. The van der Waals surface area contributed by atoms with Crippen LogP contribution in [0, 0.1) is 0 Å². The van der Waals surface area contributed by atoms with Crippen molar-refractivity contribution in [1.29, 1.82) is 0 Å². The second-order valence-corrected chi connectivity index (χ2v) is 8.65. The number of hydrogen-bond acceptors (Lipinski definition) is 9. The van der Waals surface area contributed by atoms with Gasteiger partial charge in [0.2, 0.25) is 0 Å². The molecule has 11 heteroatoms. The lowest BCUT2D eigenvalue weighted by Crippen LogP contribution is -2.05. The van der Waals surface area contributed by atoms with Crippen molar-refractivity contribution in [2.75, 3.05) is 0 Å². The molecule has 3 aromatic carbocycles. The molecule has 0 aliphatic rings. The largest absolute Gasteiger partial charge is 0.508 e. The molecule has 0 saturated carbocycles. The minimum atomic E-state index is -0.551. The van der Waals surface area contributed by atoms with Crippen molar-refractivity contribution in [3.8, 4) is 17.2 Å². The molecule has 0 amide bonds. The molecule has 5 aromatic rings. The summed E-state index contributed by atoms with van der Waals surface area (Å²) in [4.78, 5) is 0. The Morgan fingerprint density at radius 1 is 0.632 bits per heavy atom. The van der Waals surface area contributed by atoms with E-state index in [0.717, 1.165) is 16.7 Å². The summed E-state index contributed by atoms with van der Waals surface area (Å²) >= 11 is 0. The monoisotopic (exact) mass is 508 g/mol. The van der Waals surface area contributed by atoms with E-state index in [4.69, 9.17) is 0 Å². The predicted octanol–water partition coefficient (Wildman–Crippen LogP) is 3.37. The number of rotatable bonds is 7. The first kappa shape index (κ1) is 24.4. The van der Waals surface area contributed by atoms with E-state index in [1.54, 1.807) is 84.1 Å². The van der Waals surface area contributed by atoms with Crippen LogP contribution in [0.5, 0.6) is 17.2 Å². The third-order valence-electron chi connectivity index (χ3n) is 6.11. The Bertz CT molecular complexity index is 1540. The molecule has 0 spiro atoms. The Hall–Kier alpha value is -5.32. The summed E-state index contributed by atoms with van der Waals surface area (Å²) in [5.41, 5.74) is 3.51. The zero-order valence-corrected chi connectivity index (χ0v) is 20.6. The highest BCUT2D eigenvalue weighted by Gasteiger charge is 2.23. The number of nitrogens with zero attached hydrogens (tertiary/aromatic N) is 8. The second kappa shape index (κ2) is 10.3. The Balaban J connectivity index is 1.60. The molecule has 0 aliphatic heterocycles. The van der Waals surface area contributed by atoms with Gasteiger partial charge in [-0.1, -0.05) is 36.4 Å². The number of phenols is 3. The van der Waals surface area contributed by atoms with Gasteiger partial charge in [0.1, 0.15) is 17.2 Å². The summed E-state index contributed by atoms with van der Waals surface area (Å²) in [6, 6.07) is 17.2. The molecular formula is C27H24N8O3. The second-order valence-electron chi connectivity index (χ2n) is 8.65. The molecular weight excluding hydrogens is 484 g/mol. The number of hydrogen-bond donors (Lipinski definition) is 3. The molecule has 0 atom stereocenters. The van der Waals surface area contributed by atoms with Crippen molar-refractivity contribution in [2.24, 2.45) is 14.1 Å². The first-order valence-electron chi connectivity index (χ1n) is 11.6. The fourth-order valence-corrected chi connectivity index (χ4v) is 4.11. The number of aromatic hydroxyl groups is 3. The minimum absolute atomic E-state index is 0.0612. The molecule has 3 N–H and O–H groups in total. The smallest absolute Gasteiger partial charge is 0.174 e. The van der Waals surface area contributed by atoms with E-state index in [-0.39, 0.29) is 17.2 Å². The molecule has 0 radical (unpaired) electrons. The van der Waals surface area contributed by atoms with Crippen molar-refractivity contribution >= 4 is 24.3 Å². The minimum Gasteiger partial charge on any atom is -0.508 e. The first-order valence-corrected chi connectivity index (χ1v) is 11.6. The summed E-state index contributed by atoms with van der Waals surface area (Å²) < 4.78 is 3.09. The maximum absolute atomic E-state index is 11.0. The van der Waals surface area contributed by atoms with Crippen molar-refractivity contribution in [3.05, 3.63) is 100 Å². The van der Waals surface area contributed by atoms with Crippen molar-refractivity contribution in [2.45, 2.75) is 5.92 Å². The number of tetrazole rings is 2. The first-order chi connectivity index (χ1) is 18.4. The van der Waals surface area contributed by atoms with Crippen molar-refractivity contribution in [1.82, 2.24) is 40.4 Å². The predicted molar refractivity (Wildman–Crippen MR) is 141 cm³/mol. The Morgan fingerprint density at radius 3 is 1.53 bits per heavy atom. The Morgan fingerprint density at radius 2 is 1.11 bits per heavy atom. The van der Waals surface area contributed by atoms with Crippen LogP contribution in [-0.2, 0) is 14.1 Å². The van der Waals surface area contributed by atoms with Gasteiger partial charge < -0.3 is 15.3 Å². The fraction of sp³-hybridized carbons (Fsp3) is 0.111. The zero-order valence-electron chi connectivity index (χ0n) is 20.6. The van der Waals surface area contributed by atoms with Crippen LogP contribution in [0.25, 0.3) is 24.3 Å². The number of aromatic nitrogens is 8. The molecule has 0 fully saturated rings. The fourth-order valence-electron chi connectivity index (χ4n) is 4.11. The van der Waals surface area contributed by atoms with Crippen LogP contribution in [-0.4, -0.2) is 55.7 Å². The third kappa shape index (κ3) is 5.12. The zero-order chi connectivity index (χ0) is 26.6. The molecule has 0 unspecified atom stereocenters. The molecule has 0 bridgehead atoms. The standard InChI is InChI=1S/C27H24N8O3/c1-34-25(28-30-32-34)13-5-17-3-11-23(37)21(15-17)27(19-7-9-20(36)10-8-19)22-16-18(4-12-24(22)38)6-14-26-29-31-33-35(26)2/h3-16,27,36-38H,1-2H3/b13-5+,14-6+. The number of aryl methyl sites for hydroxylation is 2. The van der Waals surface area contributed by atoms with Crippen LogP contribution in [0.2, 0.25) is 0 Å². The summed E-state index contributed by atoms with van der Waals surface area (Å²) in [5.74, 6) is 0.834. The van der Waals surface area contributed by atoms with Gasteiger partial charge >= 0.3 is 0 Å². The molecule has 11 nitrogen and oxygen atoms in total. The van der Waals surface area contributed by atoms with Gasteiger partial charge in [-0.25, -0.2) is 9.36 Å². The van der Waals surface area contributed by atoms with E-state index < -0.39 is 5.92 Å². The number of phenolic OH excluding ortho intramolecular Hbond substituents is 3.